The zero-order valence-electron chi connectivity index (χ0n) is 16.8. The molecule has 0 N–H and O–H groups in total. The van der Waals surface area contributed by atoms with Crippen LogP contribution in [-0.2, 0) is 17.1 Å². The van der Waals surface area contributed by atoms with Gasteiger partial charge in [0.1, 0.15) is 0 Å². The van der Waals surface area contributed by atoms with Gasteiger partial charge in [-0.2, -0.15) is 0 Å². The zero-order valence-corrected chi connectivity index (χ0v) is 19.2. The highest BCUT2D eigenvalue weighted by atomic mass is 32.2. The molecule has 3 heterocycles. The van der Waals surface area contributed by atoms with E-state index in [-0.39, 0.29) is 5.91 Å². The van der Waals surface area contributed by atoms with Crippen molar-refractivity contribution in [2.24, 2.45) is 0 Å². The number of hydrogen-bond acceptors (Lipinski definition) is 8. The lowest BCUT2D eigenvalue weighted by atomic mass is 10.1. The smallest absolute Gasteiger partial charge is 0.230 e. The number of rotatable bonds is 7. The van der Waals surface area contributed by atoms with Crippen LogP contribution >= 0.6 is 34.4 Å². The van der Waals surface area contributed by atoms with E-state index in [1.54, 1.807) is 27.8 Å². The van der Waals surface area contributed by atoms with Crippen LogP contribution in [0.25, 0.3) is 0 Å². The van der Waals surface area contributed by atoms with Gasteiger partial charge in [-0.15, -0.1) is 27.8 Å². The summed E-state index contributed by atoms with van der Waals surface area (Å²) in [5.74, 6) is 0.567. The molecule has 0 bridgehead atoms. The number of hydrogen-bond donors (Lipinski definition) is 0. The van der Waals surface area contributed by atoms with Gasteiger partial charge in [-0.25, -0.2) is 9.67 Å². The summed E-state index contributed by atoms with van der Waals surface area (Å²) in [7, 11) is 0. The maximum absolute atomic E-state index is 12.4. The highest BCUT2D eigenvalue weighted by molar-refractivity contribution is 7.98. The molecule has 0 aliphatic rings. The molecule has 10 heteroatoms. The Hall–Kier alpha value is -2.56. The van der Waals surface area contributed by atoms with E-state index in [1.165, 1.54) is 28.0 Å². The van der Waals surface area contributed by atoms with E-state index in [1.807, 2.05) is 48.9 Å². The standard InChI is InChI=1S/C20H20N6OS3/c1-13-6-4-8-18(14(13)2)26(15(3)27)19-21-16(11-29-19)12-30-20-22-23-24-25(20)10-17-7-5-9-28-17/h4-9,11H,10,12H2,1-3H3. The number of nitrogens with zero attached hydrogens (tertiary/aromatic N) is 6. The normalized spacial score (nSPS) is 11.0. The third-order valence-corrected chi connectivity index (χ3v) is 7.32. The topological polar surface area (TPSA) is 76.8 Å². The molecule has 7 nitrogen and oxygen atoms in total. The van der Waals surface area contributed by atoms with Crippen LogP contribution in [0.1, 0.15) is 28.6 Å². The summed E-state index contributed by atoms with van der Waals surface area (Å²) in [6, 6.07) is 10.0. The van der Waals surface area contributed by atoms with Gasteiger partial charge >= 0.3 is 0 Å². The number of carbonyl (C=O) groups excluding carboxylic acids is 1. The summed E-state index contributed by atoms with van der Waals surface area (Å²) in [4.78, 5) is 20.0. The van der Waals surface area contributed by atoms with Crippen LogP contribution in [0.3, 0.4) is 0 Å². The maximum Gasteiger partial charge on any atom is 0.230 e. The summed E-state index contributed by atoms with van der Waals surface area (Å²) < 4.78 is 1.79. The van der Waals surface area contributed by atoms with E-state index in [0.717, 1.165) is 27.7 Å². The van der Waals surface area contributed by atoms with Crippen molar-refractivity contribution in [1.82, 2.24) is 25.2 Å². The molecule has 0 spiro atoms. The summed E-state index contributed by atoms with van der Waals surface area (Å²) in [5.41, 5.74) is 3.98. The molecule has 0 saturated carbocycles. The van der Waals surface area contributed by atoms with Crippen molar-refractivity contribution in [3.8, 4) is 0 Å². The number of thiazole rings is 1. The number of carbonyl (C=O) groups is 1. The lowest BCUT2D eigenvalue weighted by molar-refractivity contribution is -0.115. The van der Waals surface area contributed by atoms with Crippen LogP contribution in [0.4, 0.5) is 10.8 Å². The molecular formula is C20H20N6OS3. The van der Waals surface area contributed by atoms with Gasteiger partial charge in [0.2, 0.25) is 11.1 Å². The molecular weight excluding hydrogens is 436 g/mol. The number of thioether (sulfide) groups is 1. The fraction of sp³-hybridized carbons (Fsp3) is 0.250. The SMILES string of the molecule is CC(=O)N(c1nc(CSc2nnnn2Cc2cccs2)cs1)c1cccc(C)c1C. The average molecular weight is 457 g/mol. The fourth-order valence-corrected chi connectivity index (χ4v) is 5.38. The van der Waals surface area contributed by atoms with Gasteiger partial charge in [-0.05, 0) is 52.9 Å². The minimum absolute atomic E-state index is 0.0582. The molecule has 0 aliphatic carbocycles. The Kier molecular flexibility index (Phi) is 6.26. The number of tetrazole rings is 1. The van der Waals surface area contributed by atoms with Gasteiger partial charge < -0.3 is 0 Å². The molecule has 0 aliphatic heterocycles. The van der Waals surface area contributed by atoms with Crippen molar-refractivity contribution in [1.29, 1.82) is 0 Å². The second kappa shape index (κ2) is 9.07. The van der Waals surface area contributed by atoms with Gasteiger partial charge in [0.25, 0.3) is 0 Å². The first kappa shape index (κ1) is 20.7. The molecule has 4 rings (SSSR count). The lowest BCUT2D eigenvalue weighted by Gasteiger charge is -2.21. The summed E-state index contributed by atoms with van der Waals surface area (Å²) in [5, 5.41) is 17.5. The van der Waals surface area contributed by atoms with E-state index < -0.39 is 0 Å². The van der Waals surface area contributed by atoms with Crippen LogP contribution in [0.5, 0.6) is 0 Å². The predicted molar refractivity (Wildman–Crippen MR) is 122 cm³/mol. The summed E-state index contributed by atoms with van der Waals surface area (Å²) in [6.07, 6.45) is 0. The summed E-state index contributed by atoms with van der Waals surface area (Å²) >= 11 is 4.68. The van der Waals surface area contributed by atoms with Crippen molar-refractivity contribution in [2.75, 3.05) is 4.90 Å². The number of aromatic nitrogens is 5. The van der Waals surface area contributed by atoms with E-state index in [2.05, 4.69) is 21.6 Å². The van der Waals surface area contributed by atoms with Crippen molar-refractivity contribution in [3.63, 3.8) is 0 Å². The average Bonchev–Trinajstić information content (AvgIpc) is 3.47. The molecule has 0 saturated heterocycles. The third-order valence-electron chi connectivity index (χ3n) is 4.60. The van der Waals surface area contributed by atoms with Crippen molar-refractivity contribution in [3.05, 3.63) is 62.8 Å². The third kappa shape index (κ3) is 4.45. The Labute approximate surface area is 186 Å². The largest absolute Gasteiger partial charge is 0.274 e. The molecule has 1 amide bonds. The molecule has 30 heavy (non-hydrogen) atoms. The Morgan fingerprint density at radius 2 is 2.07 bits per heavy atom. The Morgan fingerprint density at radius 1 is 1.20 bits per heavy atom. The quantitative estimate of drug-likeness (QED) is 0.371. The Bertz CT molecular complexity index is 1150. The van der Waals surface area contributed by atoms with Crippen LogP contribution in [0.2, 0.25) is 0 Å². The van der Waals surface area contributed by atoms with Crippen molar-refractivity contribution < 1.29 is 4.79 Å². The van der Waals surface area contributed by atoms with E-state index in [4.69, 9.17) is 4.98 Å². The number of aryl methyl sites for hydroxylation is 1. The minimum atomic E-state index is -0.0582. The first-order valence-corrected chi connectivity index (χ1v) is 12.0. The maximum atomic E-state index is 12.4. The Morgan fingerprint density at radius 3 is 2.83 bits per heavy atom. The van der Waals surface area contributed by atoms with E-state index in [0.29, 0.717) is 17.4 Å². The molecule has 154 valence electrons. The van der Waals surface area contributed by atoms with Gasteiger partial charge in [-0.1, -0.05) is 30.0 Å². The molecule has 0 unspecified atom stereocenters. The highest BCUT2D eigenvalue weighted by Gasteiger charge is 2.20. The lowest BCUT2D eigenvalue weighted by Crippen LogP contribution is -2.23. The molecule has 0 atom stereocenters. The Balaban J connectivity index is 1.50. The van der Waals surface area contributed by atoms with Crippen LogP contribution in [-0.4, -0.2) is 31.1 Å². The number of thiophene rings is 1. The minimum Gasteiger partial charge on any atom is -0.274 e. The van der Waals surface area contributed by atoms with Gasteiger partial charge in [0, 0.05) is 22.9 Å². The predicted octanol–water partition coefficient (Wildman–Crippen LogP) is 4.83. The molecule has 1 aromatic carbocycles. The number of benzene rings is 1. The van der Waals surface area contributed by atoms with Gasteiger partial charge in [0.15, 0.2) is 5.13 Å². The second-order valence-corrected chi connectivity index (χ2v) is 9.49. The van der Waals surface area contributed by atoms with Crippen LogP contribution in [0, 0.1) is 13.8 Å². The number of anilines is 2. The highest BCUT2D eigenvalue weighted by Crippen LogP contribution is 2.33. The molecule has 0 radical (unpaired) electrons. The number of amides is 1. The monoisotopic (exact) mass is 456 g/mol. The molecule has 0 fully saturated rings. The zero-order chi connectivity index (χ0) is 21.1. The van der Waals surface area contributed by atoms with Crippen molar-refractivity contribution >= 4 is 51.2 Å². The summed E-state index contributed by atoms with van der Waals surface area (Å²) in [6.45, 7) is 6.29. The molecule has 3 aromatic heterocycles. The fourth-order valence-electron chi connectivity index (χ4n) is 2.94. The molecule has 4 aromatic rings. The second-order valence-electron chi connectivity index (χ2n) is 6.68. The first-order valence-electron chi connectivity index (χ1n) is 9.25. The first-order chi connectivity index (χ1) is 14.5. The van der Waals surface area contributed by atoms with Crippen LogP contribution < -0.4 is 4.90 Å². The van der Waals surface area contributed by atoms with Crippen molar-refractivity contribution in [2.45, 2.75) is 38.2 Å². The van der Waals surface area contributed by atoms with E-state index in [9.17, 15) is 4.79 Å². The van der Waals surface area contributed by atoms with Crippen LogP contribution in [0.15, 0.2) is 46.2 Å². The van der Waals surface area contributed by atoms with Gasteiger partial charge in [-0.3, -0.25) is 9.69 Å². The van der Waals surface area contributed by atoms with E-state index >= 15 is 0 Å². The van der Waals surface area contributed by atoms with Gasteiger partial charge in [0.05, 0.1) is 17.9 Å².